The molecule has 2 rings (SSSR count). The molecule has 1 atom stereocenters. The van der Waals surface area contributed by atoms with Gasteiger partial charge < -0.3 is 4.74 Å². The number of ether oxygens (including phenoxy) is 1. The Labute approximate surface area is 146 Å². The Morgan fingerprint density at radius 3 is 2.65 bits per heavy atom. The van der Waals surface area contributed by atoms with Crippen molar-refractivity contribution in [2.45, 2.75) is 71.3 Å². The van der Waals surface area contributed by atoms with Gasteiger partial charge in [0.15, 0.2) is 0 Å². The molecule has 23 heavy (non-hydrogen) atoms. The molecule has 0 aliphatic heterocycles. The van der Waals surface area contributed by atoms with E-state index in [1.54, 1.807) is 0 Å². The molecule has 0 saturated carbocycles. The first-order chi connectivity index (χ1) is 10.9. The van der Waals surface area contributed by atoms with E-state index >= 15 is 0 Å². The monoisotopic (exact) mass is 334 g/mol. The minimum absolute atomic E-state index is 0.0972. The summed E-state index contributed by atoms with van der Waals surface area (Å²) in [6.07, 6.45) is 7.27. The van der Waals surface area contributed by atoms with Gasteiger partial charge in [0, 0.05) is 0 Å². The SMILES string of the molecule is CC(C)(C)C(=O)OC1(CCCCS)CCCCc2ccccc21. The zero-order valence-corrected chi connectivity index (χ0v) is 15.6. The number of esters is 1. The standard InChI is InChI=1S/C20H30O2S/c1-19(2,3)18(21)22-20(14-8-9-15-23)13-7-6-11-16-10-4-5-12-17(16)20/h4-5,10,12,23H,6-9,11,13-15H2,1-3H3. The molecule has 0 aromatic heterocycles. The third kappa shape index (κ3) is 4.53. The van der Waals surface area contributed by atoms with Gasteiger partial charge in [0.2, 0.25) is 0 Å². The lowest BCUT2D eigenvalue weighted by molar-refractivity contribution is -0.173. The van der Waals surface area contributed by atoms with E-state index in [0.717, 1.165) is 44.3 Å². The normalized spacial score (nSPS) is 21.4. The molecular weight excluding hydrogens is 304 g/mol. The molecular formula is C20H30O2S. The van der Waals surface area contributed by atoms with Crippen molar-refractivity contribution < 1.29 is 9.53 Å². The fraction of sp³-hybridized carbons (Fsp3) is 0.650. The van der Waals surface area contributed by atoms with Crippen molar-refractivity contribution >= 4 is 18.6 Å². The Morgan fingerprint density at radius 2 is 1.96 bits per heavy atom. The van der Waals surface area contributed by atoms with Crippen LogP contribution >= 0.6 is 12.6 Å². The van der Waals surface area contributed by atoms with Crippen LogP contribution in [0.4, 0.5) is 0 Å². The predicted octanol–water partition coefficient (Wildman–Crippen LogP) is 5.30. The first-order valence-electron chi connectivity index (χ1n) is 8.82. The highest BCUT2D eigenvalue weighted by Gasteiger charge is 2.40. The molecule has 0 amide bonds. The Hall–Kier alpha value is -0.960. The molecule has 0 saturated heterocycles. The van der Waals surface area contributed by atoms with E-state index < -0.39 is 11.0 Å². The maximum atomic E-state index is 12.7. The van der Waals surface area contributed by atoms with Crippen molar-refractivity contribution in [1.82, 2.24) is 0 Å². The largest absolute Gasteiger partial charge is 0.454 e. The van der Waals surface area contributed by atoms with E-state index in [-0.39, 0.29) is 5.97 Å². The van der Waals surface area contributed by atoms with Gasteiger partial charge in [-0.15, -0.1) is 0 Å². The van der Waals surface area contributed by atoms with Crippen molar-refractivity contribution in [3.63, 3.8) is 0 Å². The van der Waals surface area contributed by atoms with Gasteiger partial charge in [0.25, 0.3) is 0 Å². The van der Waals surface area contributed by atoms with Crippen LogP contribution in [0.15, 0.2) is 24.3 Å². The van der Waals surface area contributed by atoms with E-state index in [2.05, 4.69) is 36.9 Å². The summed E-state index contributed by atoms with van der Waals surface area (Å²) in [5.41, 5.74) is 1.64. The van der Waals surface area contributed by atoms with E-state index in [0.29, 0.717) is 0 Å². The van der Waals surface area contributed by atoms with Crippen LogP contribution in [0.25, 0.3) is 0 Å². The van der Waals surface area contributed by atoms with Crippen LogP contribution in [-0.2, 0) is 21.6 Å². The Morgan fingerprint density at radius 1 is 1.22 bits per heavy atom. The van der Waals surface area contributed by atoms with Crippen LogP contribution in [0.2, 0.25) is 0 Å². The lowest BCUT2D eigenvalue weighted by Gasteiger charge is -2.36. The van der Waals surface area contributed by atoms with Crippen molar-refractivity contribution in [3.05, 3.63) is 35.4 Å². The molecule has 1 aromatic rings. The second kappa shape index (κ2) is 7.74. The highest BCUT2D eigenvalue weighted by atomic mass is 32.1. The van der Waals surface area contributed by atoms with Gasteiger partial charge in [-0.25, -0.2) is 0 Å². The van der Waals surface area contributed by atoms with Crippen LogP contribution in [0.1, 0.15) is 70.4 Å². The van der Waals surface area contributed by atoms with E-state index in [1.807, 2.05) is 20.8 Å². The van der Waals surface area contributed by atoms with Crippen LogP contribution in [0.5, 0.6) is 0 Å². The molecule has 3 heteroatoms. The van der Waals surface area contributed by atoms with E-state index in [9.17, 15) is 4.79 Å². The predicted molar refractivity (Wildman–Crippen MR) is 98.9 cm³/mol. The first-order valence-corrected chi connectivity index (χ1v) is 9.45. The number of rotatable bonds is 5. The summed E-state index contributed by atoms with van der Waals surface area (Å²) in [4.78, 5) is 12.7. The molecule has 0 bridgehead atoms. The highest BCUT2D eigenvalue weighted by Crippen LogP contribution is 2.42. The average Bonchev–Trinajstić information content (AvgIpc) is 2.67. The lowest BCUT2D eigenvalue weighted by Crippen LogP contribution is -2.37. The number of thiol groups is 1. The number of carbonyl (C=O) groups is 1. The second-order valence-electron chi connectivity index (χ2n) is 7.68. The molecule has 0 spiro atoms. The summed E-state index contributed by atoms with van der Waals surface area (Å²) in [6.45, 7) is 5.79. The van der Waals surface area contributed by atoms with Gasteiger partial charge in [-0.05, 0) is 82.6 Å². The minimum atomic E-state index is -0.474. The van der Waals surface area contributed by atoms with Gasteiger partial charge in [0.1, 0.15) is 5.60 Å². The van der Waals surface area contributed by atoms with Gasteiger partial charge in [-0.2, -0.15) is 12.6 Å². The average molecular weight is 335 g/mol. The lowest BCUT2D eigenvalue weighted by atomic mass is 9.83. The Bertz CT molecular complexity index is 533. The maximum Gasteiger partial charge on any atom is 0.312 e. The molecule has 1 aromatic carbocycles. The number of unbranched alkanes of at least 4 members (excludes halogenated alkanes) is 1. The summed E-state index contributed by atoms with van der Waals surface area (Å²) in [7, 11) is 0. The molecule has 1 aliphatic rings. The number of carbonyl (C=O) groups excluding carboxylic acids is 1. The molecule has 0 heterocycles. The molecule has 0 radical (unpaired) electrons. The quantitative estimate of drug-likeness (QED) is 0.342. The summed E-state index contributed by atoms with van der Waals surface area (Å²) in [6, 6.07) is 8.52. The highest BCUT2D eigenvalue weighted by molar-refractivity contribution is 7.80. The fourth-order valence-electron chi connectivity index (χ4n) is 3.31. The number of hydrogen-bond acceptors (Lipinski definition) is 3. The molecule has 1 aliphatic carbocycles. The van der Waals surface area contributed by atoms with E-state index in [4.69, 9.17) is 4.74 Å². The Balaban J connectivity index is 2.38. The van der Waals surface area contributed by atoms with Crippen molar-refractivity contribution in [2.75, 3.05) is 5.75 Å². The number of hydrogen-bond donors (Lipinski definition) is 1. The molecule has 0 fully saturated rings. The van der Waals surface area contributed by atoms with E-state index in [1.165, 1.54) is 17.5 Å². The van der Waals surface area contributed by atoms with Gasteiger partial charge in [-0.1, -0.05) is 24.3 Å². The van der Waals surface area contributed by atoms with Crippen molar-refractivity contribution in [2.24, 2.45) is 5.41 Å². The summed E-state index contributed by atoms with van der Waals surface area (Å²) < 4.78 is 6.23. The first kappa shape index (κ1) is 18.4. The second-order valence-corrected chi connectivity index (χ2v) is 8.13. The third-order valence-corrected chi connectivity index (χ3v) is 4.99. The molecule has 128 valence electrons. The van der Waals surface area contributed by atoms with Crippen LogP contribution in [0.3, 0.4) is 0 Å². The number of aryl methyl sites for hydroxylation is 1. The maximum absolute atomic E-state index is 12.7. The summed E-state index contributed by atoms with van der Waals surface area (Å²) in [5.74, 6) is 0.783. The third-order valence-electron chi connectivity index (χ3n) is 4.67. The number of fused-ring (bicyclic) bond motifs is 1. The van der Waals surface area contributed by atoms with Gasteiger partial charge in [-0.3, -0.25) is 4.79 Å². The smallest absolute Gasteiger partial charge is 0.312 e. The van der Waals surface area contributed by atoms with Gasteiger partial charge in [0.05, 0.1) is 5.41 Å². The van der Waals surface area contributed by atoms with Crippen molar-refractivity contribution in [3.8, 4) is 0 Å². The van der Waals surface area contributed by atoms with Gasteiger partial charge >= 0.3 is 5.97 Å². The van der Waals surface area contributed by atoms with Crippen LogP contribution in [0, 0.1) is 5.41 Å². The minimum Gasteiger partial charge on any atom is -0.454 e. The zero-order valence-electron chi connectivity index (χ0n) is 14.7. The topological polar surface area (TPSA) is 26.3 Å². The molecule has 0 N–H and O–H groups in total. The molecule has 2 nitrogen and oxygen atoms in total. The van der Waals surface area contributed by atoms with Crippen LogP contribution < -0.4 is 0 Å². The summed E-state index contributed by atoms with van der Waals surface area (Å²) in [5, 5.41) is 0. The number of benzene rings is 1. The Kier molecular flexibility index (Phi) is 6.19. The van der Waals surface area contributed by atoms with Crippen molar-refractivity contribution in [1.29, 1.82) is 0 Å². The zero-order chi connectivity index (χ0) is 16.9. The van der Waals surface area contributed by atoms with Crippen LogP contribution in [-0.4, -0.2) is 11.7 Å². The summed E-state index contributed by atoms with van der Waals surface area (Å²) >= 11 is 4.33. The molecule has 1 unspecified atom stereocenters. The fourth-order valence-corrected chi connectivity index (χ4v) is 3.54.